The van der Waals surface area contributed by atoms with Crippen LogP contribution >= 0.6 is 0 Å². The molecule has 0 radical (unpaired) electrons. The van der Waals surface area contributed by atoms with Crippen LogP contribution in [0.4, 0.5) is 4.39 Å². The predicted octanol–water partition coefficient (Wildman–Crippen LogP) is 4.40. The Bertz CT molecular complexity index is 940. The van der Waals surface area contributed by atoms with Gasteiger partial charge in [-0.2, -0.15) is 4.98 Å². The first-order valence-electron chi connectivity index (χ1n) is 9.06. The number of benzene rings is 2. The van der Waals surface area contributed by atoms with Crippen molar-refractivity contribution in [3.8, 4) is 17.1 Å². The molecule has 146 valence electrons. The molecule has 2 atom stereocenters. The molecule has 3 rings (SSSR count). The molecular weight excluding hydrogens is 361 g/mol. The topological polar surface area (TPSA) is 77.2 Å². The van der Waals surface area contributed by atoms with Crippen molar-refractivity contribution in [2.45, 2.75) is 26.3 Å². The number of rotatable bonds is 7. The van der Waals surface area contributed by atoms with Gasteiger partial charge in [-0.25, -0.2) is 4.39 Å². The van der Waals surface area contributed by atoms with Gasteiger partial charge in [0.15, 0.2) is 0 Å². The average molecular weight is 383 g/mol. The summed E-state index contributed by atoms with van der Waals surface area (Å²) in [5.74, 6) is 0.645. The van der Waals surface area contributed by atoms with Gasteiger partial charge >= 0.3 is 0 Å². The van der Waals surface area contributed by atoms with Gasteiger partial charge in [0.2, 0.25) is 11.7 Å². The van der Waals surface area contributed by atoms with Gasteiger partial charge in [-0.15, -0.1) is 0 Å². The van der Waals surface area contributed by atoms with E-state index in [1.165, 1.54) is 18.2 Å². The number of carbonyl (C=O) groups excluding carboxylic acids is 1. The van der Waals surface area contributed by atoms with Gasteiger partial charge in [0.1, 0.15) is 17.6 Å². The fourth-order valence-corrected chi connectivity index (χ4v) is 2.76. The highest BCUT2D eigenvalue weighted by molar-refractivity contribution is 5.94. The van der Waals surface area contributed by atoms with E-state index in [9.17, 15) is 9.18 Å². The summed E-state index contributed by atoms with van der Waals surface area (Å²) in [7, 11) is 1.60. The quantitative estimate of drug-likeness (QED) is 0.654. The third kappa shape index (κ3) is 4.36. The number of nitrogens with zero attached hydrogens (tertiary/aromatic N) is 2. The Morgan fingerprint density at radius 3 is 2.64 bits per heavy atom. The molecule has 0 fully saturated rings. The molecule has 28 heavy (non-hydrogen) atoms. The smallest absolute Gasteiger partial charge is 0.252 e. The summed E-state index contributed by atoms with van der Waals surface area (Å²) < 4.78 is 24.0. The summed E-state index contributed by atoms with van der Waals surface area (Å²) >= 11 is 0. The largest absolute Gasteiger partial charge is 0.497 e. The normalized spacial score (nSPS) is 13.0. The summed E-state index contributed by atoms with van der Waals surface area (Å²) in [6, 6.07) is 12.3. The van der Waals surface area contributed by atoms with E-state index in [4.69, 9.17) is 9.26 Å². The number of ether oxygens (including phenoxy) is 1. The number of carbonyl (C=O) groups is 1. The van der Waals surface area contributed by atoms with E-state index in [0.717, 1.165) is 17.7 Å². The fraction of sp³-hybridized carbons (Fsp3) is 0.286. The van der Waals surface area contributed by atoms with Gasteiger partial charge in [0.05, 0.1) is 7.11 Å². The van der Waals surface area contributed by atoms with Gasteiger partial charge in [-0.05, 0) is 48.4 Å². The van der Waals surface area contributed by atoms with Crippen molar-refractivity contribution in [3.05, 3.63) is 65.8 Å². The highest BCUT2D eigenvalue weighted by Crippen LogP contribution is 2.27. The van der Waals surface area contributed by atoms with Crippen LogP contribution in [0.15, 0.2) is 53.1 Å². The van der Waals surface area contributed by atoms with Gasteiger partial charge < -0.3 is 14.6 Å². The maximum absolute atomic E-state index is 13.4. The van der Waals surface area contributed by atoms with Crippen LogP contribution in [0.25, 0.3) is 11.4 Å². The molecule has 7 heteroatoms. The van der Waals surface area contributed by atoms with Crippen molar-refractivity contribution >= 4 is 5.91 Å². The van der Waals surface area contributed by atoms with E-state index in [-0.39, 0.29) is 11.5 Å². The monoisotopic (exact) mass is 383 g/mol. The molecule has 0 spiro atoms. The summed E-state index contributed by atoms with van der Waals surface area (Å²) in [5.41, 5.74) is 1.01. The van der Waals surface area contributed by atoms with E-state index >= 15 is 0 Å². The van der Waals surface area contributed by atoms with E-state index in [1.54, 1.807) is 13.2 Å². The maximum Gasteiger partial charge on any atom is 0.252 e. The molecule has 3 aromatic rings. The van der Waals surface area contributed by atoms with Crippen LogP contribution in [0, 0.1) is 11.7 Å². The standard InChI is InChI=1S/C21H22FN3O3/c1-4-13(2)18(23-20(26)15-6-5-7-16(22)12-15)21-24-19(25-28-21)14-8-10-17(27-3)11-9-14/h5-13,18H,4H2,1-3H3,(H,23,26)/t13-,18+/m0/s1. The summed E-state index contributed by atoms with van der Waals surface area (Å²) in [5, 5.41) is 6.92. The molecule has 0 aliphatic carbocycles. The van der Waals surface area contributed by atoms with Gasteiger partial charge in [-0.3, -0.25) is 4.79 Å². The van der Waals surface area contributed by atoms with Crippen LogP contribution in [0.3, 0.4) is 0 Å². The number of amides is 1. The predicted molar refractivity (Wildman–Crippen MR) is 102 cm³/mol. The van der Waals surface area contributed by atoms with Crippen molar-refractivity contribution in [2.24, 2.45) is 5.92 Å². The molecule has 0 aliphatic rings. The van der Waals surface area contributed by atoms with Crippen LogP contribution in [-0.2, 0) is 0 Å². The zero-order valence-electron chi connectivity index (χ0n) is 16.0. The molecule has 1 N–H and O–H groups in total. The average Bonchev–Trinajstić information content (AvgIpc) is 3.21. The van der Waals surface area contributed by atoms with Crippen molar-refractivity contribution in [1.82, 2.24) is 15.5 Å². The van der Waals surface area contributed by atoms with Crippen LogP contribution in [-0.4, -0.2) is 23.2 Å². The zero-order chi connectivity index (χ0) is 20.1. The molecular formula is C21H22FN3O3. The third-order valence-corrected chi connectivity index (χ3v) is 4.64. The Balaban J connectivity index is 1.84. The van der Waals surface area contributed by atoms with E-state index in [1.807, 2.05) is 38.1 Å². The fourth-order valence-electron chi connectivity index (χ4n) is 2.76. The third-order valence-electron chi connectivity index (χ3n) is 4.64. The lowest BCUT2D eigenvalue weighted by atomic mass is 9.98. The van der Waals surface area contributed by atoms with Gasteiger partial charge in [0, 0.05) is 11.1 Å². The summed E-state index contributed by atoms with van der Waals surface area (Å²) in [4.78, 5) is 17.0. The van der Waals surface area contributed by atoms with Gasteiger partial charge in [0.25, 0.3) is 5.91 Å². The van der Waals surface area contributed by atoms with Crippen LogP contribution < -0.4 is 10.1 Å². The molecule has 1 amide bonds. The molecule has 6 nitrogen and oxygen atoms in total. The van der Waals surface area contributed by atoms with Crippen LogP contribution in [0.5, 0.6) is 5.75 Å². The van der Waals surface area contributed by atoms with Crippen molar-refractivity contribution in [1.29, 1.82) is 0 Å². The van der Waals surface area contributed by atoms with Crippen LogP contribution in [0.1, 0.15) is 42.6 Å². The molecule has 0 bridgehead atoms. The minimum absolute atomic E-state index is 0.0432. The molecule has 0 saturated heterocycles. The number of methoxy groups -OCH3 is 1. The molecule has 0 aliphatic heterocycles. The first-order chi connectivity index (χ1) is 13.5. The first kappa shape index (κ1) is 19.5. The number of hydrogen-bond acceptors (Lipinski definition) is 5. The SMILES string of the molecule is CC[C@H](C)[C@@H](NC(=O)c1cccc(F)c1)c1nc(-c2ccc(OC)cc2)no1. The highest BCUT2D eigenvalue weighted by atomic mass is 19.1. The van der Waals surface area contributed by atoms with E-state index < -0.39 is 17.8 Å². The molecule has 1 aromatic heterocycles. The van der Waals surface area contributed by atoms with E-state index in [2.05, 4.69) is 15.5 Å². The molecule has 2 aromatic carbocycles. The highest BCUT2D eigenvalue weighted by Gasteiger charge is 2.27. The van der Waals surface area contributed by atoms with Crippen molar-refractivity contribution in [2.75, 3.05) is 7.11 Å². The van der Waals surface area contributed by atoms with Crippen molar-refractivity contribution in [3.63, 3.8) is 0 Å². The second kappa shape index (κ2) is 8.65. The maximum atomic E-state index is 13.4. The molecule has 0 unspecified atom stereocenters. The second-order valence-electron chi connectivity index (χ2n) is 6.53. The number of nitrogens with one attached hydrogen (secondary N) is 1. The number of halogens is 1. The van der Waals surface area contributed by atoms with Gasteiger partial charge in [-0.1, -0.05) is 31.5 Å². The molecule has 0 saturated carbocycles. The molecule has 1 heterocycles. The number of aromatic nitrogens is 2. The summed E-state index contributed by atoms with van der Waals surface area (Å²) in [6.45, 7) is 3.99. The van der Waals surface area contributed by atoms with Crippen LogP contribution in [0.2, 0.25) is 0 Å². The van der Waals surface area contributed by atoms with Crippen molar-refractivity contribution < 1.29 is 18.4 Å². The van der Waals surface area contributed by atoms with E-state index in [0.29, 0.717) is 11.7 Å². The minimum Gasteiger partial charge on any atom is -0.497 e. The lowest BCUT2D eigenvalue weighted by Crippen LogP contribution is -2.32. The zero-order valence-corrected chi connectivity index (χ0v) is 16.0. The lowest BCUT2D eigenvalue weighted by Gasteiger charge is -2.20. The first-order valence-corrected chi connectivity index (χ1v) is 9.06. The Kier molecular flexibility index (Phi) is 6.03. The Morgan fingerprint density at radius 1 is 1.25 bits per heavy atom. The number of hydrogen-bond donors (Lipinski definition) is 1. The second-order valence-corrected chi connectivity index (χ2v) is 6.53. The Hall–Kier alpha value is -3.22. The summed E-state index contributed by atoms with van der Waals surface area (Å²) in [6.07, 6.45) is 0.786. The lowest BCUT2D eigenvalue weighted by molar-refractivity contribution is 0.0909. The Morgan fingerprint density at radius 2 is 2.00 bits per heavy atom. The minimum atomic E-state index is -0.486. The Labute approximate surface area is 162 Å².